The SMILES string of the molecule is CCCCCCNC(=O)C1CCCN(C(=O)Cc2csc(-c3cccnc3)n2)C1. The lowest BCUT2D eigenvalue weighted by Gasteiger charge is -2.32. The van der Waals surface area contributed by atoms with Gasteiger partial charge in [-0.2, -0.15) is 0 Å². The van der Waals surface area contributed by atoms with Gasteiger partial charge in [-0.1, -0.05) is 26.2 Å². The third-order valence-electron chi connectivity index (χ3n) is 5.27. The predicted octanol–water partition coefficient (Wildman–Crippen LogP) is 3.68. The summed E-state index contributed by atoms with van der Waals surface area (Å²) in [6, 6.07) is 3.85. The van der Waals surface area contributed by atoms with Crippen LogP contribution in [0.3, 0.4) is 0 Å². The van der Waals surface area contributed by atoms with Crippen LogP contribution in [0.4, 0.5) is 0 Å². The lowest BCUT2D eigenvalue weighted by atomic mass is 9.96. The Bertz CT molecular complexity index is 793. The van der Waals surface area contributed by atoms with Crippen molar-refractivity contribution in [1.82, 2.24) is 20.2 Å². The molecule has 1 fully saturated rings. The highest BCUT2D eigenvalue weighted by Gasteiger charge is 2.28. The Morgan fingerprint density at radius 2 is 2.21 bits per heavy atom. The van der Waals surface area contributed by atoms with Crippen LogP contribution in [0, 0.1) is 5.92 Å². The van der Waals surface area contributed by atoms with Crippen molar-refractivity contribution in [2.75, 3.05) is 19.6 Å². The average molecular weight is 415 g/mol. The Morgan fingerprint density at radius 1 is 1.31 bits per heavy atom. The highest BCUT2D eigenvalue weighted by Crippen LogP contribution is 2.24. The summed E-state index contributed by atoms with van der Waals surface area (Å²) in [5.74, 6) is 0.0419. The van der Waals surface area contributed by atoms with Crippen LogP contribution < -0.4 is 5.32 Å². The Kier molecular flexibility index (Phi) is 8.16. The van der Waals surface area contributed by atoms with Gasteiger partial charge in [0.25, 0.3) is 0 Å². The molecule has 156 valence electrons. The summed E-state index contributed by atoms with van der Waals surface area (Å²) >= 11 is 1.53. The van der Waals surface area contributed by atoms with E-state index in [0.29, 0.717) is 6.54 Å². The molecule has 29 heavy (non-hydrogen) atoms. The predicted molar refractivity (Wildman–Crippen MR) is 116 cm³/mol. The molecule has 0 radical (unpaired) electrons. The fourth-order valence-corrected chi connectivity index (χ4v) is 4.41. The molecule has 0 bridgehead atoms. The topological polar surface area (TPSA) is 75.2 Å². The van der Waals surface area contributed by atoms with E-state index in [9.17, 15) is 9.59 Å². The molecule has 1 aliphatic heterocycles. The highest BCUT2D eigenvalue weighted by atomic mass is 32.1. The van der Waals surface area contributed by atoms with Gasteiger partial charge >= 0.3 is 0 Å². The van der Waals surface area contributed by atoms with Crippen molar-refractivity contribution in [1.29, 1.82) is 0 Å². The van der Waals surface area contributed by atoms with Crippen LogP contribution in [0.2, 0.25) is 0 Å². The molecule has 0 aromatic carbocycles. The Labute approximate surface area is 176 Å². The molecule has 1 saturated heterocycles. The lowest BCUT2D eigenvalue weighted by Crippen LogP contribution is -2.46. The highest BCUT2D eigenvalue weighted by molar-refractivity contribution is 7.13. The Hall–Kier alpha value is -2.28. The minimum Gasteiger partial charge on any atom is -0.356 e. The van der Waals surface area contributed by atoms with Gasteiger partial charge in [0, 0.05) is 43.0 Å². The molecule has 2 aromatic rings. The molecule has 0 aliphatic carbocycles. The molecule has 2 aromatic heterocycles. The first-order valence-corrected chi connectivity index (χ1v) is 11.5. The van der Waals surface area contributed by atoms with Gasteiger partial charge in [0.15, 0.2) is 0 Å². The molecular formula is C22H30N4O2S. The number of pyridine rings is 1. The average Bonchev–Trinajstić information content (AvgIpc) is 3.22. The van der Waals surface area contributed by atoms with Crippen LogP contribution in [0.5, 0.6) is 0 Å². The molecule has 7 heteroatoms. The number of hydrogen-bond donors (Lipinski definition) is 1. The van der Waals surface area contributed by atoms with E-state index < -0.39 is 0 Å². The normalized spacial score (nSPS) is 16.6. The van der Waals surface area contributed by atoms with Gasteiger partial charge in [0.1, 0.15) is 5.01 Å². The number of carbonyl (C=O) groups excluding carboxylic acids is 2. The number of aromatic nitrogens is 2. The van der Waals surface area contributed by atoms with E-state index in [2.05, 4.69) is 22.2 Å². The second kappa shape index (κ2) is 11.0. The van der Waals surface area contributed by atoms with E-state index in [4.69, 9.17) is 0 Å². The molecule has 0 spiro atoms. The van der Waals surface area contributed by atoms with Gasteiger partial charge in [-0.3, -0.25) is 14.6 Å². The number of unbranched alkanes of at least 4 members (excludes halogenated alkanes) is 3. The van der Waals surface area contributed by atoms with Crippen molar-refractivity contribution in [3.63, 3.8) is 0 Å². The van der Waals surface area contributed by atoms with Crippen LogP contribution in [-0.4, -0.2) is 46.3 Å². The summed E-state index contributed by atoms with van der Waals surface area (Å²) in [5.41, 5.74) is 1.74. The fourth-order valence-electron chi connectivity index (χ4n) is 3.60. The van der Waals surface area contributed by atoms with Crippen molar-refractivity contribution < 1.29 is 9.59 Å². The number of piperidine rings is 1. The van der Waals surface area contributed by atoms with Gasteiger partial charge < -0.3 is 10.2 Å². The maximum absolute atomic E-state index is 12.8. The van der Waals surface area contributed by atoms with Crippen molar-refractivity contribution in [2.45, 2.75) is 51.9 Å². The fraction of sp³-hybridized carbons (Fsp3) is 0.545. The smallest absolute Gasteiger partial charge is 0.228 e. The second-order valence-electron chi connectivity index (χ2n) is 7.59. The van der Waals surface area contributed by atoms with Gasteiger partial charge in [0.05, 0.1) is 18.0 Å². The van der Waals surface area contributed by atoms with Crippen molar-refractivity contribution >= 4 is 23.2 Å². The van der Waals surface area contributed by atoms with Gasteiger partial charge in [-0.25, -0.2) is 4.98 Å². The number of thiazole rings is 1. The van der Waals surface area contributed by atoms with Crippen LogP contribution >= 0.6 is 11.3 Å². The molecule has 0 saturated carbocycles. The number of carbonyl (C=O) groups is 2. The number of nitrogens with one attached hydrogen (secondary N) is 1. The zero-order chi connectivity index (χ0) is 20.5. The number of likely N-dealkylation sites (tertiary alicyclic amines) is 1. The summed E-state index contributed by atoms with van der Waals surface area (Å²) in [6.45, 7) is 4.15. The minimum atomic E-state index is -0.0970. The first-order valence-electron chi connectivity index (χ1n) is 10.6. The number of hydrogen-bond acceptors (Lipinski definition) is 5. The summed E-state index contributed by atoms with van der Waals surface area (Å²) < 4.78 is 0. The third kappa shape index (κ3) is 6.35. The monoisotopic (exact) mass is 414 g/mol. The van der Waals surface area contributed by atoms with Gasteiger partial charge in [0.2, 0.25) is 11.8 Å². The van der Waals surface area contributed by atoms with E-state index in [1.54, 1.807) is 12.4 Å². The first kappa shape index (κ1) is 21.4. The van der Waals surface area contributed by atoms with Crippen LogP contribution in [0.1, 0.15) is 51.1 Å². The quantitative estimate of drug-likeness (QED) is 0.635. The summed E-state index contributed by atoms with van der Waals surface area (Å²) in [6.07, 6.45) is 10.1. The molecule has 1 unspecified atom stereocenters. The number of amides is 2. The minimum absolute atomic E-state index is 0.0495. The summed E-state index contributed by atoms with van der Waals surface area (Å²) in [7, 11) is 0. The maximum Gasteiger partial charge on any atom is 0.228 e. The van der Waals surface area contributed by atoms with Crippen molar-refractivity contribution in [3.05, 3.63) is 35.6 Å². The molecule has 3 heterocycles. The van der Waals surface area contributed by atoms with Crippen LogP contribution in [0.15, 0.2) is 29.9 Å². The third-order valence-corrected chi connectivity index (χ3v) is 6.21. The molecule has 1 N–H and O–H groups in total. The van der Waals surface area contributed by atoms with Crippen LogP contribution in [-0.2, 0) is 16.0 Å². The van der Waals surface area contributed by atoms with Gasteiger partial charge in [-0.05, 0) is 31.4 Å². The van der Waals surface area contributed by atoms with Crippen molar-refractivity contribution in [2.24, 2.45) is 5.92 Å². The molecule has 2 amide bonds. The van der Waals surface area contributed by atoms with E-state index >= 15 is 0 Å². The number of rotatable bonds is 9. The standard InChI is InChI=1S/C22H30N4O2S/c1-2-3-4-5-11-24-21(28)18-9-7-12-26(15-18)20(27)13-19-16-29-22(25-19)17-8-6-10-23-14-17/h6,8,10,14,16,18H,2-5,7,9,11-13,15H2,1H3,(H,24,28). The van der Waals surface area contributed by atoms with E-state index in [-0.39, 0.29) is 24.2 Å². The van der Waals surface area contributed by atoms with E-state index in [1.807, 2.05) is 22.4 Å². The second-order valence-corrected chi connectivity index (χ2v) is 8.45. The van der Waals surface area contributed by atoms with E-state index in [1.165, 1.54) is 24.2 Å². The summed E-state index contributed by atoms with van der Waals surface area (Å²) in [5, 5.41) is 5.86. The van der Waals surface area contributed by atoms with E-state index in [0.717, 1.165) is 55.0 Å². The Balaban J connectivity index is 1.48. The largest absolute Gasteiger partial charge is 0.356 e. The first-order chi connectivity index (χ1) is 14.2. The molecular weight excluding hydrogens is 384 g/mol. The zero-order valence-electron chi connectivity index (χ0n) is 17.1. The molecule has 1 atom stereocenters. The molecule has 3 rings (SSSR count). The van der Waals surface area contributed by atoms with Crippen LogP contribution in [0.25, 0.3) is 10.6 Å². The van der Waals surface area contributed by atoms with Gasteiger partial charge in [-0.15, -0.1) is 11.3 Å². The Morgan fingerprint density at radius 3 is 3.00 bits per heavy atom. The number of nitrogens with zero attached hydrogens (tertiary/aromatic N) is 3. The lowest BCUT2D eigenvalue weighted by molar-refractivity contribution is -0.135. The zero-order valence-corrected chi connectivity index (χ0v) is 17.9. The maximum atomic E-state index is 12.8. The molecule has 6 nitrogen and oxygen atoms in total. The summed E-state index contributed by atoms with van der Waals surface area (Å²) in [4.78, 5) is 35.7. The van der Waals surface area contributed by atoms with Crippen molar-refractivity contribution in [3.8, 4) is 10.6 Å². The molecule has 1 aliphatic rings.